The number of nitrogens with zero attached hydrogens (tertiary/aromatic N) is 6. The molecule has 0 aliphatic rings. The van der Waals surface area contributed by atoms with E-state index in [0.717, 1.165) is 15.9 Å². The average molecular weight is 427 g/mol. The number of aromatic amines is 1. The zero-order valence-corrected chi connectivity index (χ0v) is 17.4. The van der Waals surface area contributed by atoms with Crippen LogP contribution in [0.4, 0.5) is 16.3 Å². The van der Waals surface area contributed by atoms with Crippen molar-refractivity contribution in [1.82, 2.24) is 30.6 Å². The number of pyridine rings is 1. The van der Waals surface area contributed by atoms with Crippen LogP contribution in [0.3, 0.4) is 0 Å². The number of amides is 2. The van der Waals surface area contributed by atoms with E-state index >= 15 is 0 Å². The molecule has 0 saturated heterocycles. The first-order valence-corrected chi connectivity index (χ1v) is 10.1. The van der Waals surface area contributed by atoms with E-state index in [-0.39, 0.29) is 11.9 Å². The molecule has 0 unspecified atom stereocenters. The molecule has 0 aliphatic carbocycles. The molecular weight excluding hydrogens is 408 g/mol. The van der Waals surface area contributed by atoms with Crippen molar-refractivity contribution in [2.75, 3.05) is 16.8 Å². The molecule has 0 saturated carbocycles. The van der Waals surface area contributed by atoms with Crippen LogP contribution < -0.4 is 10.2 Å². The van der Waals surface area contributed by atoms with E-state index in [2.05, 4.69) is 62.4 Å². The van der Waals surface area contributed by atoms with Crippen molar-refractivity contribution in [2.45, 2.75) is 18.2 Å². The molecule has 29 heavy (non-hydrogen) atoms. The van der Waals surface area contributed by atoms with Gasteiger partial charge in [-0.05, 0) is 47.5 Å². The second kappa shape index (κ2) is 8.13. The number of rotatable bonds is 5. The molecule has 0 atom stereocenters. The molecule has 3 aromatic heterocycles. The molecule has 9 nitrogen and oxygen atoms in total. The average Bonchev–Trinajstić information content (AvgIpc) is 3.34. The Morgan fingerprint density at radius 2 is 2.00 bits per heavy atom. The van der Waals surface area contributed by atoms with Gasteiger partial charge in [0.05, 0.1) is 0 Å². The molecule has 0 aliphatic heterocycles. The first-order valence-electron chi connectivity index (χ1n) is 8.88. The molecule has 4 aromatic rings. The van der Waals surface area contributed by atoms with Gasteiger partial charge in [0.2, 0.25) is 5.82 Å². The maximum absolute atomic E-state index is 13.0. The van der Waals surface area contributed by atoms with Gasteiger partial charge in [-0.2, -0.15) is 5.21 Å². The second-order valence-electron chi connectivity index (χ2n) is 6.74. The van der Waals surface area contributed by atoms with Crippen LogP contribution in [0, 0.1) is 5.92 Å². The summed E-state index contributed by atoms with van der Waals surface area (Å²) in [6.07, 6.45) is 0. The molecule has 0 bridgehead atoms. The number of carbonyl (C=O) groups is 1. The van der Waals surface area contributed by atoms with Gasteiger partial charge in [0.25, 0.3) is 0 Å². The van der Waals surface area contributed by atoms with Gasteiger partial charge in [-0.15, -0.1) is 22.8 Å². The summed E-state index contributed by atoms with van der Waals surface area (Å²) >= 11 is 5.66. The van der Waals surface area contributed by atoms with E-state index in [0.29, 0.717) is 28.2 Å². The molecule has 148 valence electrons. The van der Waals surface area contributed by atoms with Gasteiger partial charge in [-0.3, -0.25) is 4.90 Å². The van der Waals surface area contributed by atoms with Crippen molar-refractivity contribution in [3.8, 4) is 11.4 Å². The number of nitrogens with one attached hydrogen (secondary N) is 2. The summed E-state index contributed by atoms with van der Waals surface area (Å²) in [7, 11) is 0. The number of thiazole rings is 1. The fourth-order valence-corrected chi connectivity index (χ4v) is 3.81. The van der Waals surface area contributed by atoms with Crippen LogP contribution >= 0.6 is 24.0 Å². The predicted octanol–water partition coefficient (Wildman–Crippen LogP) is 3.85. The van der Waals surface area contributed by atoms with Crippen LogP contribution in [0.5, 0.6) is 0 Å². The summed E-state index contributed by atoms with van der Waals surface area (Å²) < 4.78 is 0.645. The topological polar surface area (TPSA) is 113 Å². The number of anilines is 2. The van der Waals surface area contributed by atoms with Crippen LogP contribution in [0.2, 0.25) is 0 Å². The minimum atomic E-state index is -0.256. The first kappa shape index (κ1) is 19.3. The van der Waals surface area contributed by atoms with Gasteiger partial charge in [0.1, 0.15) is 20.5 Å². The zero-order valence-electron chi connectivity index (χ0n) is 15.7. The highest BCUT2D eigenvalue weighted by molar-refractivity contribution is 7.82. The summed E-state index contributed by atoms with van der Waals surface area (Å²) in [5.74, 6) is 1.33. The Kier molecular flexibility index (Phi) is 5.41. The van der Waals surface area contributed by atoms with E-state index in [1.54, 1.807) is 23.1 Å². The number of fused-ring (bicyclic) bond motifs is 1. The molecular formula is C18H18N8OS2. The molecule has 2 N–H and O–H groups in total. The summed E-state index contributed by atoms with van der Waals surface area (Å²) in [6, 6.07) is 10.6. The fourth-order valence-electron chi connectivity index (χ4n) is 2.77. The Balaban J connectivity index is 1.56. The third kappa shape index (κ3) is 4.35. The Morgan fingerprint density at radius 1 is 1.21 bits per heavy atom. The zero-order chi connectivity index (χ0) is 20.4. The van der Waals surface area contributed by atoms with Crippen LogP contribution in [0.25, 0.3) is 21.7 Å². The third-order valence-corrected chi connectivity index (χ3v) is 5.18. The number of hydrogen-bond acceptors (Lipinski definition) is 8. The van der Waals surface area contributed by atoms with Gasteiger partial charge in [0, 0.05) is 17.8 Å². The molecule has 2 amide bonds. The van der Waals surface area contributed by atoms with Crippen LogP contribution in [0.15, 0.2) is 40.7 Å². The largest absolute Gasteiger partial charge is 0.327 e. The minimum absolute atomic E-state index is 0.256. The number of aromatic nitrogens is 6. The van der Waals surface area contributed by atoms with Crippen molar-refractivity contribution in [1.29, 1.82) is 0 Å². The summed E-state index contributed by atoms with van der Waals surface area (Å²) in [5.41, 5.74) is 2.23. The Morgan fingerprint density at radius 3 is 2.69 bits per heavy atom. The van der Waals surface area contributed by atoms with E-state index in [4.69, 9.17) is 0 Å². The molecule has 0 radical (unpaired) electrons. The van der Waals surface area contributed by atoms with Gasteiger partial charge < -0.3 is 5.32 Å². The number of H-pyrrole nitrogens is 1. The highest BCUT2D eigenvalue weighted by Gasteiger charge is 2.20. The maximum atomic E-state index is 13.0. The van der Waals surface area contributed by atoms with Gasteiger partial charge in [-0.1, -0.05) is 25.2 Å². The lowest BCUT2D eigenvalue weighted by atomic mass is 10.2. The van der Waals surface area contributed by atoms with E-state index in [1.165, 1.54) is 11.3 Å². The van der Waals surface area contributed by atoms with Crippen molar-refractivity contribution >= 4 is 51.8 Å². The van der Waals surface area contributed by atoms with Crippen LogP contribution in [-0.4, -0.2) is 43.2 Å². The fraction of sp³-hybridized carbons (Fsp3) is 0.222. The lowest BCUT2D eigenvalue weighted by Gasteiger charge is -2.24. The number of urea groups is 1. The first-order chi connectivity index (χ1) is 14.0. The predicted molar refractivity (Wildman–Crippen MR) is 115 cm³/mol. The van der Waals surface area contributed by atoms with Crippen LogP contribution in [0.1, 0.15) is 13.8 Å². The lowest BCUT2D eigenvalue weighted by Crippen LogP contribution is -2.38. The summed E-state index contributed by atoms with van der Waals surface area (Å²) in [5, 5.41) is 16.8. The lowest BCUT2D eigenvalue weighted by molar-refractivity contribution is 0.256. The number of carbonyl (C=O) groups excluding carboxylic acids is 1. The number of benzene rings is 1. The molecule has 11 heteroatoms. The maximum Gasteiger partial charge on any atom is 0.327 e. The Labute approximate surface area is 176 Å². The van der Waals surface area contributed by atoms with E-state index in [9.17, 15) is 4.79 Å². The minimum Gasteiger partial charge on any atom is -0.308 e. The van der Waals surface area contributed by atoms with Crippen molar-refractivity contribution in [3.63, 3.8) is 0 Å². The van der Waals surface area contributed by atoms with Crippen molar-refractivity contribution < 1.29 is 4.79 Å². The monoisotopic (exact) mass is 426 g/mol. The van der Waals surface area contributed by atoms with E-state index in [1.807, 2.05) is 18.2 Å². The van der Waals surface area contributed by atoms with Crippen LogP contribution in [-0.2, 0) is 0 Å². The second-order valence-corrected chi connectivity index (χ2v) is 8.44. The van der Waals surface area contributed by atoms with Crippen molar-refractivity contribution in [2.24, 2.45) is 5.92 Å². The quantitative estimate of drug-likeness (QED) is 0.418. The van der Waals surface area contributed by atoms with E-state index < -0.39 is 0 Å². The molecule has 0 fully saturated rings. The third-order valence-electron chi connectivity index (χ3n) is 4.04. The highest BCUT2D eigenvalue weighted by atomic mass is 32.2. The molecule has 3 heterocycles. The Bertz CT molecular complexity index is 1120. The number of hydrogen-bond donors (Lipinski definition) is 3. The molecule has 1 aromatic carbocycles. The SMILES string of the molecule is CC(C)CN(C(=O)Nc1ccc(-c2nn[nH]n2)cc1)c1ccc2nc(S)sc2n1. The molecule has 0 spiro atoms. The van der Waals surface area contributed by atoms with Gasteiger partial charge in [0.15, 0.2) is 0 Å². The number of thiol groups is 1. The van der Waals surface area contributed by atoms with Gasteiger partial charge >= 0.3 is 6.03 Å². The summed E-state index contributed by atoms with van der Waals surface area (Å²) in [6.45, 7) is 4.63. The Hall–Kier alpha value is -3.05. The molecule has 4 rings (SSSR count). The summed E-state index contributed by atoms with van der Waals surface area (Å²) in [4.78, 5) is 24.3. The van der Waals surface area contributed by atoms with Gasteiger partial charge in [-0.25, -0.2) is 14.8 Å². The van der Waals surface area contributed by atoms with Crippen molar-refractivity contribution in [3.05, 3.63) is 36.4 Å². The standard InChI is InChI=1S/C18H18N8OS2/c1-10(2)9-26(14-8-7-13-16(21-14)29-18(28)20-13)17(27)19-12-5-3-11(4-6-12)15-22-24-25-23-15/h3-8,10H,9H2,1-2H3,(H,19,27)(H,20,28)(H,22,23,24,25). The highest BCUT2D eigenvalue weighted by Crippen LogP contribution is 2.26. The number of tetrazole rings is 1. The smallest absolute Gasteiger partial charge is 0.308 e. The normalized spacial score (nSPS) is 11.2.